The number of hydrogen-bond acceptors (Lipinski definition) is 4. The summed E-state index contributed by atoms with van der Waals surface area (Å²) in [5, 5.41) is 1.99. The highest BCUT2D eigenvalue weighted by Gasteiger charge is 2.24. The number of rotatable bonds is 7. The van der Waals surface area contributed by atoms with Crippen molar-refractivity contribution >= 4 is 17.3 Å². The highest BCUT2D eigenvalue weighted by molar-refractivity contribution is 7.09. The van der Waals surface area contributed by atoms with Crippen molar-refractivity contribution in [3.05, 3.63) is 22.4 Å². The Labute approximate surface area is 120 Å². The van der Waals surface area contributed by atoms with Gasteiger partial charge in [0.05, 0.1) is 0 Å². The number of nitrogens with two attached hydrogens (primary N) is 1. The molecule has 0 fully saturated rings. The molecule has 1 aromatic heterocycles. The normalized spacial score (nSPS) is 13.3. The van der Waals surface area contributed by atoms with Crippen LogP contribution in [-0.4, -0.2) is 12.5 Å². The third-order valence-electron chi connectivity index (χ3n) is 3.39. The third-order valence-corrected chi connectivity index (χ3v) is 4.24. The predicted octanol–water partition coefficient (Wildman–Crippen LogP) is 3.58. The molecule has 0 amide bonds. The Morgan fingerprint density at radius 2 is 2.16 bits per heavy atom. The second-order valence-corrected chi connectivity index (χ2v) is 6.95. The number of thiophene rings is 1. The molecule has 0 aliphatic carbocycles. The van der Waals surface area contributed by atoms with Crippen LogP contribution >= 0.6 is 11.3 Å². The molecule has 0 saturated carbocycles. The zero-order valence-electron chi connectivity index (χ0n) is 12.1. The van der Waals surface area contributed by atoms with Gasteiger partial charge in [-0.05, 0) is 42.2 Å². The minimum Gasteiger partial charge on any atom is -0.460 e. The summed E-state index contributed by atoms with van der Waals surface area (Å²) in [6.45, 7) is 7.67. The zero-order chi connectivity index (χ0) is 14.3. The molecule has 3 nitrogen and oxygen atoms in total. The average Bonchev–Trinajstić information content (AvgIpc) is 2.83. The van der Waals surface area contributed by atoms with E-state index in [0.717, 1.165) is 17.7 Å². The molecular weight excluding hydrogens is 258 g/mol. The number of ether oxygens (including phenoxy) is 1. The molecule has 2 N–H and O–H groups in total. The highest BCUT2D eigenvalue weighted by Crippen LogP contribution is 2.32. The molecule has 1 unspecified atom stereocenters. The topological polar surface area (TPSA) is 52.3 Å². The number of carbonyl (C=O) groups is 1. The van der Waals surface area contributed by atoms with Gasteiger partial charge in [0.15, 0.2) is 0 Å². The van der Waals surface area contributed by atoms with Gasteiger partial charge in [-0.3, -0.25) is 4.79 Å². The second-order valence-electron chi connectivity index (χ2n) is 5.92. The summed E-state index contributed by atoms with van der Waals surface area (Å²) < 4.78 is 5.27. The molecule has 19 heavy (non-hydrogen) atoms. The first kappa shape index (κ1) is 16.2. The Balaban J connectivity index is 2.31. The summed E-state index contributed by atoms with van der Waals surface area (Å²) >= 11 is 1.61. The van der Waals surface area contributed by atoms with Gasteiger partial charge in [0.2, 0.25) is 0 Å². The fraction of sp³-hybridized carbons (Fsp3) is 0.667. The highest BCUT2D eigenvalue weighted by atomic mass is 32.1. The van der Waals surface area contributed by atoms with E-state index in [1.165, 1.54) is 0 Å². The predicted molar refractivity (Wildman–Crippen MR) is 80.0 cm³/mol. The van der Waals surface area contributed by atoms with Crippen molar-refractivity contribution < 1.29 is 9.53 Å². The first-order chi connectivity index (χ1) is 8.93. The van der Waals surface area contributed by atoms with E-state index in [-0.39, 0.29) is 11.4 Å². The summed E-state index contributed by atoms with van der Waals surface area (Å²) in [6, 6.07) is 3.94. The van der Waals surface area contributed by atoms with Gasteiger partial charge in [0, 0.05) is 11.3 Å². The van der Waals surface area contributed by atoms with Crippen LogP contribution in [0, 0.1) is 11.3 Å². The lowest BCUT2D eigenvalue weighted by molar-refractivity contribution is -0.145. The Morgan fingerprint density at radius 1 is 1.42 bits per heavy atom. The molecule has 1 aromatic rings. The molecule has 0 aromatic carbocycles. The van der Waals surface area contributed by atoms with Crippen LogP contribution in [-0.2, 0) is 16.1 Å². The summed E-state index contributed by atoms with van der Waals surface area (Å²) in [5.41, 5.74) is 5.83. The van der Waals surface area contributed by atoms with Crippen molar-refractivity contribution in [3.63, 3.8) is 0 Å². The van der Waals surface area contributed by atoms with Crippen molar-refractivity contribution in [3.8, 4) is 0 Å². The van der Waals surface area contributed by atoms with Crippen molar-refractivity contribution in [1.29, 1.82) is 0 Å². The van der Waals surface area contributed by atoms with E-state index in [0.29, 0.717) is 25.5 Å². The fourth-order valence-electron chi connectivity index (χ4n) is 2.12. The van der Waals surface area contributed by atoms with Crippen LogP contribution in [0.15, 0.2) is 17.5 Å². The van der Waals surface area contributed by atoms with Crippen LogP contribution < -0.4 is 5.73 Å². The lowest BCUT2D eigenvalue weighted by Gasteiger charge is -2.30. The van der Waals surface area contributed by atoms with E-state index in [9.17, 15) is 4.79 Å². The van der Waals surface area contributed by atoms with E-state index in [1.54, 1.807) is 11.3 Å². The fourth-order valence-corrected chi connectivity index (χ4v) is 2.74. The first-order valence-corrected chi connectivity index (χ1v) is 7.69. The Kier molecular flexibility index (Phi) is 6.52. The van der Waals surface area contributed by atoms with Crippen molar-refractivity contribution in [2.24, 2.45) is 17.1 Å². The summed E-state index contributed by atoms with van der Waals surface area (Å²) in [4.78, 5) is 12.8. The Bertz CT molecular complexity index is 368. The Morgan fingerprint density at radius 3 is 2.68 bits per heavy atom. The van der Waals surface area contributed by atoms with Gasteiger partial charge in [0.1, 0.15) is 6.61 Å². The standard InChI is InChI=1S/C15H25NO2S/c1-15(2,3)12(8-9-16)6-7-14(17)18-11-13-5-4-10-19-13/h4-5,10,12H,6-9,11,16H2,1-3H3. The molecule has 0 radical (unpaired) electrons. The van der Waals surface area contributed by atoms with Crippen LogP contribution in [0.2, 0.25) is 0 Å². The van der Waals surface area contributed by atoms with E-state index in [2.05, 4.69) is 20.8 Å². The van der Waals surface area contributed by atoms with E-state index in [4.69, 9.17) is 10.5 Å². The second kappa shape index (κ2) is 7.65. The maximum absolute atomic E-state index is 11.7. The Hall–Kier alpha value is -0.870. The maximum Gasteiger partial charge on any atom is 0.306 e. The van der Waals surface area contributed by atoms with Gasteiger partial charge in [-0.1, -0.05) is 26.8 Å². The molecule has 1 rings (SSSR count). The van der Waals surface area contributed by atoms with E-state index < -0.39 is 0 Å². The molecule has 1 heterocycles. The smallest absolute Gasteiger partial charge is 0.306 e. The molecule has 0 spiro atoms. The van der Waals surface area contributed by atoms with Crippen LogP contribution in [0.1, 0.15) is 44.9 Å². The van der Waals surface area contributed by atoms with E-state index in [1.807, 2.05) is 17.5 Å². The minimum absolute atomic E-state index is 0.111. The molecule has 0 aliphatic rings. The number of esters is 1. The molecule has 0 bridgehead atoms. The van der Waals surface area contributed by atoms with Gasteiger partial charge in [-0.2, -0.15) is 0 Å². The molecular formula is C15H25NO2S. The minimum atomic E-state index is -0.111. The lowest BCUT2D eigenvalue weighted by atomic mass is 9.76. The van der Waals surface area contributed by atoms with Gasteiger partial charge in [-0.15, -0.1) is 11.3 Å². The number of hydrogen-bond donors (Lipinski definition) is 1. The molecule has 108 valence electrons. The zero-order valence-corrected chi connectivity index (χ0v) is 13.0. The van der Waals surface area contributed by atoms with Crippen LogP contribution in [0.3, 0.4) is 0 Å². The molecule has 0 saturated heterocycles. The average molecular weight is 283 g/mol. The molecule has 0 aliphatic heterocycles. The monoisotopic (exact) mass is 283 g/mol. The third kappa shape index (κ3) is 6.21. The molecule has 4 heteroatoms. The quantitative estimate of drug-likeness (QED) is 0.778. The van der Waals surface area contributed by atoms with Crippen LogP contribution in [0.4, 0.5) is 0 Å². The lowest BCUT2D eigenvalue weighted by Crippen LogP contribution is -2.24. The van der Waals surface area contributed by atoms with Gasteiger partial charge in [-0.25, -0.2) is 0 Å². The SMILES string of the molecule is CC(C)(C)C(CCN)CCC(=O)OCc1cccs1. The summed E-state index contributed by atoms with van der Waals surface area (Å²) in [6.07, 6.45) is 2.29. The summed E-state index contributed by atoms with van der Waals surface area (Å²) in [5.74, 6) is 0.353. The van der Waals surface area contributed by atoms with Gasteiger partial charge >= 0.3 is 5.97 Å². The van der Waals surface area contributed by atoms with Crippen molar-refractivity contribution in [1.82, 2.24) is 0 Å². The van der Waals surface area contributed by atoms with Gasteiger partial charge < -0.3 is 10.5 Å². The van der Waals surface area contributed by atoms with E-state index >= 15 is 0 Å². The first-order valence-electron chi connectivity index (χ1n) is 6.81. The van der Waals surface area contributed by atoms with Crippen molar-refractivity contribution in [2.45, 2.75) is 46.6 Å². The van der Waals surface area contributed by atoms with Crippen LogP contribution in [0.5, 0.6) is 0 Å². The summed E-state index contributed by atoms with van der Waals surface area (Å²) in [7, 11) is 0. The maximum atomic E-state index is 11.7. The number of carbonyl (C=O) groups excluding carboxylic acids is 1. The van der Waals surface area contributed by atoms with Gasteiger partial charge in [0.25, 0.3) is 0 Å². The van der Waals surface area contributed by atoms with Crippen molar-refractivity contribution in [2.75, 3.05) is 6.54 Å². The van der Waals surface area contributed by atoms with Crippen LogP contribution in [0.25, 0.3) is 0 Å². The largest absolute Gasteiger partial charge is 0.460 e. The molecule has 1 atom stereocenters.